The number of halogens is 2. The monoisotopic (exact) mass is 537 g/mol. The zero-order chi connectivity index (χ0) is 26.1. The summed E-state index contributed by atoms with van der Waals surface area (Å²) in [6.45, 7) is 5.08. The first-order chi connectivity index (χ1) is 17.8. The quantitative estimate of drug-likeness (QED) is 0.260. The SMILES string of the molecule is CC(C)c1onc(-c2c(Cl)cccc2Cl)c1COc1ccc2c(ccn2CC2=CC=CCN2C(=O)O)c1. The summed E-state index contributed by atoms with van der Waals surface area (Å²) in [6, 6.07) is 13.1. The molecule has 0 fully saturated rings. The molecule has 0 spiro atoms. The Morgan fingerprint density at radius 2 is 1.97 bits per heavy atom. The summed E-state index contributed by atoms with van der Waals surface area (Å²) in [7, 11) is 0. The number of rotatable bonds is 7. The zero-order valence-electron chi connectivity index (χ0n) is 20.3. The lowest BCUT2D eigenvalue weighted by Gasteiger charge is -2.24. The van der Waals surface area contributed by atoms with E-state index in [1.165, 1.54) is 4.90 Å². The second-order valence-corrected chi connectivity index (χ2v) is 9.87. The number of carbonyl (C=O) groups is 1. The molecule has 0 aliphatic carbocycles. The number of amides is 1. The summed E-state index contributed by atoms with van der Waals surface area (Å²) in [5.41, 5.74) is 3.68. The van der Waals surface area contributed by atoms with E-state index in [4.69, 9.17) is 32.5 Å². The average molecular weight is 538 g/mol. The fourth-order valence-electron chi connectivity index (χ4n) is 4.46. The van der Waals surface area contributed by atoms with E-state index in [1.54, 1.807) is 18.2 Å². The Hall–Kier alpha value is -3.68. The highest BCUT2D eigenvalue weighted by atomic mass is 35.5. The molecule has 2 aromatic heterocycles. The van der Waals surface area contributed by atoms with Crippen molar-refractivity contribution >= 4 is 40.2 Å². The summed E-state index contributed by atoms with van der Waals surface area (Å²) in [6.07, 6.45) is 6.51. The fraction of sp³-hybridized carbons (Fsp3) is 0.214. The molecule has 3 heterocycles. The van der Waals surface area contributed by atoms with E-state index < -0.39 is 6.09 Å². The van der Waals surface area contributed by atoms with Crippen molar-refractivity contribution in [2.45, 2.75) is 32.9 Å². The minimum absolute atomic E-state index is 0.0898. The number of benzene rings is 2. The van der Waals surface area contributed by atoms with Crippen molar-refractivity contribution in [1.82, 2.24) is 14.6 Å². The van der Waals surface area contributed by atoms with Gasteiger partial charge in [0.25, 0.3) is 0 Å². The summed E-state index contributed by atoms with van der Waals surface area (Å²) in [5, 5.41) is 15.7. The molecule has 37 heavy (non-hydrogen) atoms. The largest absolute Gasteiger partial charge is 0.489 e. The van der Waals surface area contributed by atoms with E-state index in [9.17, 15) is 9.90 Å². The molecule has 1 amide bonds. The van der Waals surface area contributed by atoms with Gasteiger partial charge in [-0.2, -0.15) is 0 Å². The average Bonchev–Trinajstić information content (AvgIpc) is 3.47. The van der Waals surface area contributed by atoms with Gasteiger partial charge in [0, 0.05) is 40.8 Å². The third kappa shape index (κ3) is 4.97. The molecule has 1 aliphatic heterocycles. The van der Waals surface area contributed by atoms with Gasteiger partial charge < -0.3 is 18.9 Å². The lowest BCUT2D eigenvalue weighted by atomic mass is 10.0. The third-order valence-electron chi connectivity index (χ3n) is 6.29. The predicted molar refractivity (Wildman–Crippen MR) is 144 cm³/mol. The van der Waals surface area contributed by atoms with Crippen LogP contribution in [0.15, 0.2) is 77.1 Å². The first kappa shape index (κ1) is 25.0. The molecule has 2 aromatic carbocycles. The minimum Gasteiger partial charge on any atom is -0.489 e. The van der Waals surface area contributed by atoms with Crippen LogP contribution >= 0.6 is 23.2 Å². The van der Waals surface area contributed by atoms with Gasteiger partial charge in [0.2, 0.25) is 0 Å². The van der Waals surface area contributed by atoms with Crippen molar-refractivity contribution in [3.8, 4) is 17.0 Å². The number of allylic oxidation sites excluding steroid dienone is 3. The van der Waals surface area contributed by atoms with Gasteiger partial charge in [0.15, 0.2) is 0 Å². The van der Waals surface area contributed by atoms with Gasteiger partial charge in [-0.05, 0) is 42.5 Å². The van der Waals surface area contributed by atoms with E-state index in [-0.39, 0.29) is 12.5 Å². The molecule has 4 aromatic rings. The lowest BCUT2D eigenvalue weighted by Crippen LogP contribution is -2.32. The number of hydrogen-bond acceptors (Lipinski definition) is 4. The fourth-order valence-corrected chi connectivity index (χ4v) is 5.04. The van der Waals surface area contributed by atoms with Crippen LogP contribution in [0.2, 0.25) is 10.0 Å². The zero-order valence-corrected chi connectivity index (χ0v) is 21.8. The molecular weight excluding hydrogens is 513 g/mol. The van der Waals surface area contributed by atoms with Gasteiger partial charge >= 0.3 is 6.09 Å². The Labute approximate surface area is 224 Å². The molecule has 0 bridgehead atoms. The molecule has 0 saturated carbocycles. The molecule has 0 radical (unpaired) electrons. The highest BCUT2D eigenvalue weighted by molar-refractivity contribution is 6.39. The molecule has 7 nitrogen and oxygen atoms in total. The molecule has 0 unspecified atom stereocenters. The Morgan fingerprint density at radius 1 is 1.19 bits per heavy atom. The van der Waals surface area contributed by atoms with Crippen LogP contribution in [0.5, 0.6) is 5.75 Å². The number of hydrogen-bond donors (Lipinski definition) is 1. The van der Waals surface area contributed by atoms with Crippen molar-refractivity contribution < 1.29 is 19.2 Å². The Kier molecular flexibility index (Phi) is 7.00. The Bertz CT molecular complexity index is 1510. The van der Waals surface area contributed by atoms with E-state index in [1.807, 2.05) is 67.1 Å². The minimum atomic E-state index is -0.963. The number of aromatic nitrogens is 2. The van der Waals surface area contributed by atoms with Crippen LogP contribution in [0.1, 0.15) is 31.1 Å². The molecular formula is C28H25Cl2N3O4. The van der Waals surface area contributed by atoms with Crippen LogP contribution in [0.3, 0.4) is 0 Å². The molecule has 190 valence electrons. The van der Waals surface area contributed by atoms with Crippen LogP contribution in [-0.2, 0) is 13.2 Å². The van der Waals surface area contributed by atoms with Gasteiger partial charge in [0.1, 0.15) is 23.8 Å². The van der Waals surface area contributed by atoms with E-state index in [0.717, 1.165) is 22.2 Å². The third-order valence-corrected chi connectivity index (χ3v) is 6.92. The van der Waals surface area contributed by atoms with Crippen LogP contribution in [0, 0.1) is 0 Å². The first-order valence-corrected chi connectivity index (χ1v) is 12.6. The lowest BCUT2D eigenvalue weighted by molar-refractivity contribution is 0.160. The van der Waals surface area contributed by atoms with Crippen LogP contribution in [-0.4, -0.2) is 32.4 Å². The molecule has 5 rings (SSSR count). The normalized spacial score (nSPS) is 13.4. The second-order valence-electron chi connectivity index (χ2n) is 9.06. The van der Waals surface area contributed by atoms with Gasteiger partial charge in [-0.25, -0.2) is 4.79 Å². The second kappa shape index (κ2) is 10.4. The standard InChI is InChI=1S/C28H25Cl2N3O4/c1-17(2)27-21(26(31-37-27)25-22(29)7-5-8-23(25)30)16-36-20-9-10-24-18(14-20)11-13-32(24)15-19-6-3-4-12-33(19)28(34)35/h3-11,13-14,17H,12,15-16H2,1-2H3,(H,34,35). The highest BCUT2D eigenvalue weighted by Crippen LogP contribution is 2.39. The van der Waals surface area contributed by atoms with E-state index in [0.29, 0.717) is 45.8 Å². The molecule has 1 N–H and O–H groups in total. The van der Waals surface area contributed by atoms with Crippen LogP contribution in [0.4, 0.5) is 4.79 Å². The predicted octanol–water partition coefficient (Wildman–Crippen LogP) is 7.74. The molecule has 0 saturated heterocycles. The Balaban J connectivity index is 1.40. The van der Waals surface area contributed by atoms with Gasteiger partial charge in [-0.3, -0.25) is 4.90 Å². The van der Waals surface area contributed by atoms with Gasteiger partial charge in [0.05, 0.1) is 22.2 Å². The van der Waals surface area contributed by atoms with Crippen LogP contribution in [0.25, 0.3) is 22.2 Å². The molecule has 1 aliphatic rings. The van der Waals surface area contributed by atoms with E-state index in [2.05, 4.69) is 5.16 Å². The number of nitrogens with zero attached hydrogens (tertiary/aromatic N) is 3. The maximum atomic E-state index is 11.6. The summed E-state index contributed by atoms with van der Waals surface area (Å²) in [5.74, 6) is 1.49. The molecule has 0 atom stereocenters. The Morgan fingerprint density at radius 3 is 2.70 bits per heavy atom. The van der Waals surface area contributed by atoms with Crippen molar-refractivity contribution in [2.75, 3.05) is 6.54 Å². The van der Waals surface area contributed by atoms with Crippen LogP contribution < -0.4 is 4.74 Å². The van der Waals surface area contributed by atoms with Crippen molar-refractivity contribution in [3.63, 3.8) is 0 Å². The smallest absolute Gasteiger partial charge is 0.411 e. The van der Waals surface area contributed by atoms with Gasteiger partial charge in [-0.15, -0.1) is 0 Å². The van der Waals surface area contributed by atoms with Crippen molar-refractivity contribution in [2.24, 2.45) is 0 Å². The summed E-state index contributed by atoms with van der Waals surface area (Å²) in [4.78, 5) is 12.9. The van der Waals surface area contributed by atoms with Crippen molar-refractivity contribution in [1.29, 1.82) is 0 Å². The number of fused-ring (bicyclic) bond motifs is 1. The summed E-state index contributed by atoms with van der Waals surface area (Å²) >= 11 is 12.9. The van der Waals surface area contributed by atoms with Gasteiger partial charge in [-0.1, -0.05) is 60.4 Å². The number of carboxylic acid groups (broad SMARTS) is 1. The highest BCUT2D eigenvalue weighted by Gasteiger charge is 2.24. The number of ether oxygens (including phenoxy) is 1. The summed E-state index contributed by atoms with van der Waals surface area (Å²) < 4.78 is 13.9. The topological polar surface area (TPSA) is 80.7 Å². The first-order valence-electron chi connectivity index (χ1n) is 11.8. The maximum absolute atomic E-state index is 11.6. The maximum Gasteiger partial charge on any atom is 0.411 e. The van der Waals surface area contributed by atoms with E-state index >= 15 is 0 Å². The molecule has 9 heteroatoms. The van der Waals surface area contributed by atoms with Crippen molar-refractivity contribution in [3.05, 3.63) is 94.0 Å².